The Hall–Kier alpha value is -1.95. The van der Waals surface area contributed by atoms with Crippen molar-refractivity contribution in [3.8, 4) is 0 Å². The topological polar surface area (TPSA) is 96.5 Å². The number of pyridine rings is 1. The summed E-state index contributed by atoms with van der Waals surface area (Å²) in [6, 6.07) is 3.20. The van der Waals surface area contributed by atoms with Crippen molar-refractivity contribution in [2.45, 2.75) is 31.8 Å². The standard InChI is InChI=1S/C13H17N3O3/c1-13(12(18)19)4-2-6-16(13)11(17)9-3-5-15-10(7-9)8-14/h3,5,7H,2,4,6,8,14H2,1H3,(H,18,19). The maximum atomic E-state index is 12.4. The summed E-state index contributed by atoms with van der Waals surface area (Å²) in [5.41, 5.74) is 5.42. The van der Waals surface area contributed by atoms with E-state index >= 15 is 0 Å². The maximum Gasteiger partial charge on any atom is 0.329 e. The fraction of sp³-hybridized carbons (Fsp3) is 0.462. The van der Waals surface area contributed by atoms with E-state index in [2.05, 4.69) is 4.98 Å². The molecule has 0 aromatic carbocycles. The van der Waals surface area contributed by atoms with Crippen LogP contribution in [0.1, 0.15) is 35.8 Å². The van der Waals surface area contributed by atoms with Gasteiger partial charge in [-0.2, -0.15) is 0 Å². The molecule has 6 heteroatoms. The average molecular weight is 263 g/mol. The van der Waals surface area contributed by atoms with Gasteiger partial charge < -0.3 is 15.7 Å². The van der Waals surface area contributed by atoms with Crippen LogP contribution in [-0.4, -0.2) is 39.0 Å². The Bertz CT molecular complexity index is 518. The Labute approximate surface area is 111 Å². The van der Waals surface area contributed by atoms with Crippen LogP contribution < -0.4 is 5.73 Å². The summed E-state index contributed by atoms with van der Waals surface area (Å²) in [6.07, 6.45) is 2.69. The predicted molar refractivity (Wildman–Crippen MR) is 68.4 cm³/mol. The van der Waals surface area contributed by atoms with E-state index in [1.54, 1.807) is 19.1 Å². The Morgan fingerprint density at radius 1 is 1.58 bits per heavy atom. The molecule has 6 nitrogen and oxygen atoms in total. The summed E-state index contributed by atoms with van der Waals surface area (Å²) >= 11 is 0. The largest absolute Gasteiger partial charge is 0.480 e. The van der Waals surface area contributed by atoms with Crippen LogP contribution in [0.3, 0.4) is 0 Å². The van der Waals surface area contributed by atoms with E-state index in [4.69, 9.17) is 5.73 Å². The van der Waals surface area contributed by atoms with Gasteiger partial charge in [0.2, 0.25) is 0 Å². The van der Waals surface area contributed by atoms with Gasteiger partial charge in [-0.1, -0.05) is 0 Å². The highest BCUT2D eigenvalue weighted by molar-refractivity contribution is 5.98. The van der Waals surface area contributed by atoms with E-state index in [-0.39, 0.29) is 12.5 Å². The molecule has 1 fully saturated rings. The van der Waals surface area contributed by atoms with Gasteiger partial charge in [0.15, 0.2) is 0 Å². The van der Waals surface area contributed by atoms with E-state index in [0.29, 0.717) is 30.6 Å². The molecule has 1 saturated heterocycles. The van der Waals surface area contributed by atoms with Gasteiger partial charge in [-0.15, -0.1) is 0 Å². The molecular formula is C13H17N3O3. The van der Waals surface area contributed by atoms with Crippen molar-refractivity contribution < 1.29 is 14.7 Å². The summed E-state index contributed by atoms with van der Waals surface area (Å²) in [7, 11) is 0. The fourth-order valence-corrected chi connectivity index (χ4v) is 2.39. The molecule has 1 amide bonds. The quantitative estimate of drug-likeness (QED) is 0.833. The van der Waals surface area contributed by atoms with Crippen LogP contribution in [0.2, 0.25) is 0 Å². The second-order valence-corrected chi connectivity index (χ2v) is 4.88. The fourth-order valence-electron chi connectivity index (χ4n) is 2.39. The number of amides is 1. The number of carbonyl (C=O) groups is 2. The maximum absolute atomic E-state index is 12.4. The summed E-state index contributed by atoms with van der Waals surface area (Å²) in [5.74, 6) is -1.24. The molecule has 1 aliphatic heterocycles. The highest BCUT2D eigenvalue weighted by Crippen LogP contribution is 2.30. The highest BCUT2D eigenvalue weighted by atomic mass is 16.4. The number of rotatable bonds is 3. The van der Waals surface area contributed by atoms with Crippen molar-refractivity contribution in [2.75, 3.05) is 6.54 Å². The number of nitrogens with two attached hydrogens (primary N) is 1. The van der Waals surface area contributed by atoms with Gasteiger partial charge in [-0.05, 0) is 31.9 Å². The number of carboxylic acids is 1. The molecular weight excluding hydrogens is 246 g/mol. The van der Waals surface area contributed by atoms with E-state index < -0.39 is 11.5 Å². The minimum atomic E-state index is -1.12. The highest BCUT2D eigenvalue weighted by Gasteiger charge is 2.46. The van der Waals surface area contributed by atoms with Crippen molar-refractivity contribution in [1.82, 2.24) is 9.88 Å². The lowest BCUT2D eigenvalue weighted by Gasteiger charge is -2.31. The molecule has 0 saturated carbocycles. The summed E-state index contributed by atoms with van der Waals surface area (Å²) in [5, 5.41) is 9.31. The lowest BCUT2D eigenvalue weighted by atomic mass is 9.98. The first-order chi connectivity index (χ1) is 8.99. The van der Waals surface area contributed by atoms with Crippen LogP contribution in [0.15, 0.2) is 18.3 Å². The molecule has 102 valence electrons. The Balaban J connectivity index is 2.30. The third kappa shape index (κ3) is 2.31. The SMILES string of the molecule is CC1(C(=O)O)CCCN1C(=O)c1ccnc(CN)c1. The lowest BCUT2D eigenvalue weighted by Crippen LogP contribution is -2.50. The van der Waals surface area contributed by atoms with Crippen molar-refractivity contribution in [3.63, 3.8) is 0 Å². The first-order valence-corrected chi connectivity index (χ1v) is 6.19. The molecule has 3 N–H and O–H groups in total. The van der Waals surface area contributed by atoms with Crippen LogP contribution in [-0.2, 0) is 11.3 Å². The number of aromatic nitrogens is 1. The predicted octanol–water partition coefficient (Wildman–Crippen LogP) is 0.620. The average Bonchev–Trinajstić information content (AvgIpc) is 2.81. The molecule has 0 bridgehead atoms. The second-order valence-electron chi connectivity index (χ2n) is 4.88. The zero-order chi connectivity index (χ0) is 14.0. The van der Waals surface area contributed by atoms with Gasteiger partial charge in [0.25, 0.3) is 5.91 Å². The van der Waals surface area contributed by atoms with Crippen LogP contribution >= 0.6 is 0 Å². The molecule has 0 radical (unpaired) electrons. The molecule has 1 aromatic heterocycles. The van der Waals surface area contributed by atoms with Crippen LogP contribution in [0.25, 0.3) is 0 Å². The number of hydrogen-bond donors (Lipinski definition) is 2. The van der Waals surface area contributed by atoms with Gasteiger partial charge in [0.05, 0.1) is 5.69 Å². The zero-order valence-corrected chi connectivity index (χ0v) is 10.8. The summed E-state index contributed by atoms with van der Waals surface area (Å²) < 4.78 is 0. The molecule has 1 atom stereocenters. The molecule has 0 aliphatic carbocycles. The van der Waals surface area contributed by atoms with Crippen molar-refractivity contribution >= 4 is 11.9 Å². The smallest absolute Gasteiger partial charge is 0.329 e. The molecule has 1 aromatic rings. The molecule has 1 unspecified atom stereocenters. The minimum Gasteiger partial charge on any atom is -0.480 e. The van der Waals surface area contributed by atoms with E-state index in [1.807, 2.05) is 0 Å². The van der Waals surface area contributed by atoms with Crippen molar-refractivity contribution in [3.05, 3.63) is 29.6 Å². The van der Waals surface area contributed by atoms with E-state index in [9.17, 15) is 14.7 Å². The zero-order valence-electron chi connectivity index (χ0n) is 10.8. The molecule has 2 rings (SSSR count). The Morgan fingerprint density at radius 2 is 2.32 bits per heavy atom. The number of hydrogen-bond acceptors (Lipinski definition) is 4. The number of carbonyl (C=O) groups excluding carboxylic acids is 1. The van der Waals surface area contributed by atoms with E-state index in [0.717, 1.165) is 0 Å². The number of likely N-dealkylation sites (tertiary alicyclic amines) is 1. The number of aliphatic carboxylic acids is 1. The minimum absolute atomic E-state index is 0.247. The third-order valence-corrected chi connectivity index (χ3v) is 3.62. The Kier molecular flexibility index (Phi) is 3.53. The lowest BCUT2D eigenvalue weighted by molar-refractivity contribution is -0.147. The van der Waals surface area contributed by atoms with E-state index in [1.165, 1.54) is 11.1 Å². The van der Waals surface area contributed by atoms with Crippen LogP contribution in [0.4, 0.5) is 0 Å². The van der Waals surface area contributed by atoms with Gasteiger partial charge in [0, 0.05) is 24.8 Å². The van der Waals surface area contributed by atoms with Crippen LogP contribution in [0.5, 0.6) is 0 Å². The van der Waals surface area contributed by atoms with Gasteiger partial charge in [0.1, 0.15) is 5.54 Å². The first-order valence-electron chi connectivity index (χ1n) is 6.19. The Morgan fingerprint density at radius 3 is 2.95 bits per heavy atom. The monoisotopic (exact) mass is 263 g/mol. The molecule has 1 aliphatic rings. The van der Waals surface area contributed by atoms with Gasteiger partial charge in [-0.25, -0.2) is 4.79 Å². The normalized spacial score (nSPS) is 22.5. The van der Waals surface area contributed by atoms with Crippen molar-refractivity contribution in [1.29, 1.82) is 0 Å². The third-order valence-electron chi connectivity index (χ3n) is 3.62. The summed E-state index contributed by atoms with van der Waals surface area (Å²) in [4.78, 5) is 29.2. The van der Waals surface area contributed by atoms with Gasteiger partial charge >= 0.3 is 5.97 Å². The molecule has 0 spiro atoms. The van der Waals surface area contributed by atoms with Crippen LogP contribution in [0, 0.1) is 0 Å². The molecule has 2 heterocycles. The second kappa shape index (κ2) is 4.97. The number of carboxylic acid groups (broad SMARTS) is 1. The number of nitrogens with zero attached hydrogens (tertiary/aromatic N) is 2. The molecule has 19 heavy (non-hydrogen) atoms. The van der Waals surface area contributed by atoms with Crippen molar-refractivity contribution in [2.24, 2.45) is 5.73 Å². The first kappa shape index (κ1) is 13.5. The summed E-state index contributed by atoms with van der Waals surface area (Å²) in [6.45, 7) is 2.30. The van der Waals surface area contributed by atoms with Gasteiger partial charge in [-0.3, -0.25) is 9.78 Å².